The third-order valence-corrected chi connectivity index (χ3v) is 5.05. The Balaban J connectivity index is 2.85. The SMILES string of the molecule is CCC(C)(CC)NS(=O)(=O)c1cnn(CCNC)c1. The fraction of sp³-hybridized carbons (Fsp3) is 0.750. The largest absolute Gasteiger partial charge is 0.318 e. The van der Waals surface area contributed by atoms with E-state index in [2.05, 4.69) is 15.1 Å². The Kier molecular flexibility index (Phi) is 5.51. The molecule has 2 N–H and O–H groups in total. The molecule has 0 radical (unpaired) electrons. The van der Waals surface area contributed by atoms with Gasteiger partial charge in [-0.2, -0.15) is 5.10 Å². The molecule has 1 aromatic heterocycles. The van der Waals surface area contributed by atoms with Crippen LogP contribution >= 0.6 is 0 Å². The molecular formula is C12H24N4O2S. The van der Waals surface area contributed by atoms with Gasteiger partial charge in [0.2, 0.25) is 10.0 Å². The third kappa shape index (κ3) is 4.29. The summed E-state index contributed by atoms with van der Waals surface area (Å²) in [5, 5.41) is 7.05. The second-order valence-electron chi connectivity index (χ2n) is 4.92. The Morgan fingerprint density at radius 3 is 2.53 bits per heavy atom. The van der Waals surface area contributed by atoms with E-state index >= 15 is 0 Å². The molecule has 0 saturated heterocycles. The zero-order valence-corrected chi connectivity index (χ0v) is 12.9. The van der Waals surface area contributed by atoms with Crippen LogP contribution in [0.2, 0.25) is 0 Å². The maximum Gasteiger partial charge on any atom is 0.244 e. The van der Waals surface area contributed by atoms with E-state index in [1.807, 2.05) is 27.8 Å². The highest BCUT2D eigenvalue weighted by Crippen LogP contribution is 2.18. The lowest BCUT2D eigenvalue weighted by Gasteiger charge is -2.27. The number of likely N-dealkylation sites (N-methyl/N-ethyl adjacent to an activating group) is 1. The Morgan fingerprint density at radius 1 is 1.37 bits per heavy atom. The predicted octanol–water partition coefficient (Wildman–Crippen LogP) is 0.960. The van der Waals surface area contributed by atoms with Gasteiger partial charge in [-0.25, -0.2) is 13.1 Å². The van der Waals surface area contributed by atoms with E-state index in [0.29, 0.717) is 6.54 Å². The summed E-state index contributed by atoms with van der Waals surface area (Å²) in [5.74, 6) is 0. The van der Waals surface area contributed by atoms with Crippen LogP contribution in [0.25, 0.3) is 0 Å². The summed E-state index contributed by atoms with van der Waals surface area (Å²) in [6, 6.07) is 0. The fourth-order valence-corrected chi connectivity index (χ4v) is 3.11. The van der Waals surface area contributed by atoms with Crippen LogP contribution in [0.5, 0.6) is 0 Å². The van der Waals surface area contributed by atoms with Gasteiger partial charge < -0.3 is 5.32 Å². The minimum atomic E-state index is -3.50. The molecule has 0 fully saturated rings. The van der Waals surface area contributed by atoms with Crippen LogP contribution < -0.4 is 10.0 Å². The van der Waals surface area contributed by atoms with Crippen molar-refractivity contribution in [1.29, 1.82) is 0 Å². The molecule has 1 rings (SSSR count). The fourth-order valence-electron chi connectivity index (χ4n) is 1.61. The molecule has 0 amide bonds. The first-order chi connectivity index (χ1) is 8.87. The lowest BCUT2D eigenvalue weighted by Crippen LogP contribution is -2.44. The molecule has 0 aliphatic rings. The molecule has 7 heteroatoms. The van der Waals surface area contributed by atoms with E-state index in [9.17, 15) is 8.42 Å². The summed E-state index contributed by atoms with van der Waals surface area (Å²) in [5.41, 5.74) is -0.411. The van der Waals surface area contributed by atoms with Crippen LogP contribution in [-0.4, -0.2) is 37.3 Å². The lowest BCUT2D eigenvalue weighted by molar-refractivity contribution is 0.388. The van der Waals surface area contributed by atoms with Gasteiger partial charge in [-0.1, -0.05) is 13.8 Å². The number of hydrogen-bond acceptors (Lipinski definition) is 4. The summed E-state index contributed by atoms with van der Waals surface area (Å²) in [7, 11) is -1.66. The topological polar surface area (TPSA) is 76.0 Å². The first-order valence-electron chi connectivity index (χ1n) is 6.58. The van der Waals surface area contributed by atoms with Gasteiger partial charge in [-0.15, -0.1) is 0 Å². The van der Waals surface area contributed by atoms with Gasteiger partial charge in [0, 0.05) is 18.3 Å². The Labute approximate surface area is 115 Å². The molecular weight excluding hydrogens is 264 g/mol. The molecule has 0 spiro atoms. The van der Waals surface area contributed by atoms with Gasteiger partial charge in [-0.05, 0) is 26.8 Å². The van der Waals surface area contributed by atoms with Crippen molar-refractivity contribution in [2.75, 3.05) is 13.6 Å². The quantitative estimate of drug-likeness (QED) is 0.747. The van der Waals surface area contributed by atoms with Gasteiger partial charge in [0.05, 0.1) is 12.7 Å². The van der Waals surface area contributed by atoms with Crippen LogP contribution in [0, 0.1) is 0 Å². The number of rotatable bonds is 8. The highest BCUT2D eigenvalue weighted by molar-refractivity contribution is 7.89. The summed E-state index contributed by atoms with van der Waals surface area (Å²) in [4.78, 5) is 0.219. The summed E-state index contributed by atoms with van der Waals surface area (Å²) < 4.78 is 28.9. The lowest BCUT2D eigenvalue weighted by atomic mass is 9.98. The Hall–Kier alpha value is -0.920. The van der Waals surface area contributed by atoms with E-state index in [0.717, 1.165) is 19.4 Å². The molecule has 1 aromatic rings. The van der Waals surface area contributed by atoms with Gasteiger partial charge in [0.25, 0.3) is 0 Å². The van der Waals surface area contributed by atoms with Gasteiger partial charge in [-0.3, -0.25) is 4.68 Å². The zero-order chi connectivity index (χ0) is 14.5. The molecule has 19 heavy (non-hydrogen) atoms. The van der Waals surface area contributed by atoms with Crippen LogP contribution in [0.4, 0.5) is 0 Å². The normalized spacial score (nSPS) is 12.8. The molecule has 0 unspecified atom stereocenters. The maximum atomic E-state index is 12.3. The second kappa shape index (κ2) is 6.49. The molecule has 110 valence electrons. The van der Waals surface area contributed by atoms with Crippen LogP contribution in [0.15, 0.2) is 17.3 Å². The maximum absolute atomic E-state index is 12.3. The van der Waals surface area contributed by atoms with Crippen molar-refractivity contribution in [2.24, 2.45) is 0 Å². The van der Waals surface area contributed by atoms with Crippen molar-refractivity contribution in [3.05, 3.63) is 12.4 Å². The highest BCUT2D eigenvalue weighted by atomic mass is 32.2. The minimum Gasteiger partial charge on any atom is -0.318 e. The number of nitrogens with zero attached hydrogens (tertiary/aromatic N) is 2. The molecule has 6 nitrogen and oxygen atoms in total. The monoisotopic (exact) mass is 288 g/mol. The van der Waals surface area contributed by atoms with Gasteiger partial charge in [0.15, 0.2) is 0 Å². The highest BCUT2D eigenvalue weighted by Gasteiger charge is 2.28. The standard InChI is InChI=1S/C12H24N4O2S/c1-5-12(3,6-2)15-19(17,18)11-9-14-16(10-11)8-7-13-4/h9-10,13,15H,5-8H2,1-4H3. The van der Waals surface area contributed by atoms with Crippen molar-refractivity contribution >= 4 is 10.0 Å². The van der Waals surface area contributed by atoms with Crippen molar-refractivity contribution in [1.82, 2.24) is 19.8 Å². The van der Waals surface area contributed by atoms with Crippen molar-refractivity contribution in [2.45, 2.75) is 50.6 Å². The summed E-state index contributed by atoms with van der Waals surface area (Å²) in [6.07, 6.45) is 4.45. The van der Waals surface area contributed by atoms with Crippen molar-refractivity contribution in [3.8, 4) is 0 Å². The average molecular weight is 288 g/mol. The average Bonchev–Trinajstić information content (AvgIpc) is 2.85. The van der Waals surface area contributed by atoms with Crippen molar-refractivity contribution < 1.29 is 8.42 Å². The Morgan fingerprint density at radius 2 is 2.00 bits per heavy atom. The smallest absolute Gasteiger partial charge is 0.244 e. The number of nitrogens with one attached hydrogen (secondary N) is 2. The Bertz CT molecular complexity index is 492. The van der Waals surface area contributed by atoms with E-state index in [1.54, 1.807) is 10.9 Å². The summed E-state index contributed by atoms with van der Waals surface area (Å²) >= 11 is 0. The first kappa shape index (κ1) is 16.1. The first-order valence-corrected chi connectivity index (χ1v) is 8.06. The van der Waals surface area contributed by atoms with E-state index in [1.165, 1.54) is 6.20 Å². The predicted molar refractivity (Wildman–Crippen MR) is 75.5 cm³/mol. The van der Waals surface area contributed by atoms with E-state index in [-0.39, 0.29) is 4.90 Å². The molecule has 0 aliphatic carbocycles. The molecule has 1 heterocycles. The third-order valence-electron chi connectivity index (χ3n) is 3.45. The second-order valence-corrected chi connectivity index (χ2v) is 6.60. The molecule has 0 saturated carbocycles. The molecule has 0 atom stereocenters. The number of hydrogen-bond donors (Lipinski definition) is 2. The zero-order valence-electron chi connectivity index (χ0n) is 12.1. The van der Waals surface area contributed by atoms with Gasteiger partial charge in [0.1, 0.15) is 4.90 Å². The van der Waals surface area contributed by atoms with Gasteiger partial charge >= 0.3 is 0 Å². The minimum absolute atomic E-state index is 0.219. The van der Waals surface area contributed by atoms with E-state index < -0.39 is 15.6 Å². The number of aromatic nitrogens is 2. The molecule has 0 aliphatic heterocycles. The number of sulfonamides is 1. The van der Waals surface area contributed by atoms with E-state index in [4.69, 9.17) is 0 Å². The van der Waals surface area contributed by atoms with Crippen LogP contribution in [-0.2, 0) is 16.6 Å². The van der Waals surface area contributed by atoms with Crippen molar-refractivity contribution in [3.63, 3.8) is 0 Å². The molecule has 0 bridgehead atoms. The molecule has 0 aromatic carbocycles. The van der Waals surface area contributed by atoms with Crippen LogP contribution in [0.3, 0.4) is 0 Å². The summed E-state index contributed by atoms with van der Waals surface area (Å²) in [6.45, 7) is 7.25. The van der Waals surface area contributed by atoms with Crippen LogP contribution in [0.1, 0.15) is 33.6 Å².